The third kappa shape index (κ3) is 12.4. The molecule has 0 saturated carbocycles. The van der Waals surface area contributed by atoms with Crippen LogP contribution in [-0.4, -0.2) is 53.8 Å². The molecule has 46 heavy (non-hydrogen) atoms. The summed E-state index contributed by atoms with van der Waals surface area (Å²) in [6.07, 6.45) is 2.62. The van der Waals surface area contributed by atoms with Gasteiger partial charge in [0.15, 0.2) is 5.96 Å². The minimum atomic E-state index is -0.862. The van der Waals surface area contributed by atoms with Crippen LogP contribution >= 0.6 is 0 Å². The number of aromatic hydroxyl groups is 1. The second-order valence-corrected chi connectivity index (χ2v) is 10.8. The molecule has 0 spiro atoms. The molecule has 0 radical (unpaired) electrons. The van der Waals surface area contributed by atoms with Crippen molar-refractivity contribution >= 4 is 29.6 Å². The van der Waals surface area contributed by atoms with Crippen LogP contribution in [-0.2, 0) is 25.7 Å². The molecular weight excluding hydrogens is 584 g/mol. The number of carbonyl (C=O) groups excluding carboxylic acids is 4. The molecule has 11 heteroatoms. The number of aliphatic imine (C=N–C) groups is 1. The Balaban J connectivity index is 1.61. The average Bonchev–Trinajstić information content (AvgIpc) is 3.06. The molecule has 4 amide bonds. The van der Waals surface area contributed by atoms with Crippen molar-refractivity contribution in [2.24, 2.45) is 10.7 Å². The largest absolute Gasteiger partial charge is 0.508 e. The van der Waals surface area contributed by atoms with Gasteiger partial charge in [0.25, 0.3) is 0 Å². The van der Waals surface area contributed by atoms with Gasteiger partial charge in [-0.1, -0.05) is 79.7 Å². The molecule has 0 aromatic heterocycles. The number of nitrogens with one attached hydrogen (secondary N) is 4. The van der Waals surface area contributed by atoms with Crippen LogP contribution in [0.1, 0.15) is 68.1 Å². The zero-order chi connectivity index (χ0) is 33.1. The summed E-state index contributed by atoms with van der Waals surface area (Å²) in [7, 11) is 0. The van der Waals surface area contributed by atoms with Crippen molar-refractivity contribution in [3.63, 3.8) is 0 Å². The van der Waals surface area contributed by atoms with E-state index in [-0.39, 0.29) is 61.3 Å². The molecule has 0 bridgehead atoms. The summed E-state index contributed by atoms with van der Waals surface area (Å²) in [5.41, 5.74) is 8.30. The maximum Gasteiger partial charge on any atom is 0.242 e. The van der Waals surface area contributed by atoms with Crippen LogP contribution in [0.3, 0.4) is 0 Å². The lowest BCUT2D eigenvalue weighted by atomic mass is 9.90. The molecule has 3 rings (SSSR count). The van der Waals surface area contributed by atoms with Crippen LogP contribution in [0.2, 0.25) is 0 Å². The molecule has 3 aromatic rings. The zero-order valence-corrected chi connectivity index (χ0v) is 26.2. The van der Waals surface area contributed by atoms with Gasteiger partial charge >= 0.3 is 0 Å². The Morgan fingerprint density at radius 1 is 0.783 bits per heavy atom. The van der Waals surface area contributed by atoms with Crippen molar-refractivity contribution in [3.8, 4) is 5.75 Å². The molecule has 0 unspecified atom stereocenters. The van der Waals surface area contributed by atoms with E-state index in [0.29, 0.717) is 32.2 Å². The van der Waals surface area contributed by atoms with Crippen molar-refractivity contribution in [1.29, 1.82) is 0 Å². The molecule has 0 heterocycles. The summed E-state index contributed by atoms with van der Waals surface area (Å²) >= 11 is 0. The Morgan fingerprint density at radius 3 is 2.02 bits per heavy atom. The Bertz CT molecular complexity index is 1390. The summed E-state index contributed by atoms with van der Waals surface area (Å²) < 4.78 is 0. The van der Waals surface area contributed by atoms with Crippen LogP contribution in [0.4, 0.5) is 0 Å². The van der Waals surface area contributed by atoms with E-state index in [4.69, 9.17) is 5.73 Å². The molecule has 0 saturated heterocycles. The fraction of sp³-hybridized carbons (Fsp3) is 0.343. The number of hydrogen-bond donors (Lipinski definition) is 6. The van der Waals surface area contributed by atoms with Crippen LogP contribution in [0.5, 0.6) is 5.75 Å². The number of nitrogens with zero attached hydrogens (tertiary/aromatic N) is 1. The Labute approximate surface area is 270 Å². The monoisotopic (exact) mass is 628 g/mol. The first-order valence-corrected chi connectivity index (χ1v) is 15.6. The molecule has 0 aliphatic carbocycles. The maximum atomic E-state index is 13.8. The van der Waals surface area contributed by atoms with Crippen LogP contribution in [0.25, 0.3) is 0 Å². The quantitative estimate of drug-likeness (QED) is 0.0760. The lowest BCUT2D eigenvalue weighted by Gasteiger charge is -2.23. The van der Waals surface area contributed by atoms with Gasteiger partial charge in [-0.2, -0.15) is 0 Å². The van der Waals surface area contributed by atoms with Crippen LogP contribution in [0, 0.1) is 0 Å². The van der Waals surface area contributed by atoms with Gasteiger partial charge in [-0.15, -0.1) is 0 Å². The molecule has 3 aromatic carbocycles. The van der Waals surface area contributed by atoms with Crippen molar-refractivity contribution in [3.05, 3.63) is 102 Å². The Kier molecular flexibility index (Phi) is 14.8. The second-order valence-electron chi connectivity index (χ2n) is 10.8. The van der Waals surface area contributed by atoms with Gasteiger partial charge in [-0.05, 0) is 54.5 Å². The molecule has 0 aliphatic rings. The number of benzene rings is 3. The summed E-state index contributed by atoms with van der Waals surface area (Å²) in [6, 6.07) is 24.4. The summed E-state index contributed by atoms with van der Waals surface area (Å²) in [6.45, 7) is 2.74. The highest BCUT2D eigenvalue weighted by Crippen LogP contribution is 2.25. The fourth-order valence-corrected chi connectivity index (χ4v) is 4.74. The maximum absolute atomic E-state index is 13.8. The van der Waals surface area contributed by atoms with Crippen molar-refractivity contribution < 1.29 is 24.3 Å². The van der Waals surface area contributed by atoms with E-state index >= 15 is 0 Å². The van der Waals surface area contributed by atoms with E-state index in [1.54, 1.807) is 31.2 Å². The summed E-state index contributed by atoms with van der Waals surface area (Å²) in [5, 5.41) is 20.7. The van der Waals surface area contributed by atoms with Crippen molar-refractivity contribution in [1.82, 2.24) is 21.3 Å². The number of rotatable bonds is 17. The first kappa shape index (κ1) is 35.3. The minimum absolute atomic E-state index is 0.0186. The topological polar surface area (TPSA) is 175 Å². The Morgan fingerprint density at radius 2 is 1.41 bits per heavy atom. The lowest BCUT2D eigenvalue weighted by molar-refractivity contribution is -0.129. The summed E-state index contributed by atoms with van der Waals surface area (Å²) in [5.74, 6) is -1.48. The number of amides is 4. The predicted molar refractivity (Wildman–Crippen MR) is 178 cm³/mol. The fourth-order valence-electron chi connectivity index (χ4n) is 4.74. The second kappa shape index (κ2) is 19.3. The van der Waals surface area contributed by atoms with Gasteiger partial charge in [0.2, 0.25) is 23.6 Å². The van der Waals surface area contributed by atoms with Gasteiger partial charge in [0, 0.05) is 32.5 Å². The van der Waals surface area contributed by atoms with E-state index in [1.165, 1.54) is 0 Å². The first-order valence-electron chi connectivity index (χ1n) is 15.6. The number of carbonyl (C=O) groups is 4. The number of hydrogen-bond acceptors (Lipinski definition) is 6. The van der Waals surface area contributed by atoms with E-state index in [2.05, 4.69) is 26.3 Å². The number of phenols is 1. The van der Waals surface area contributed by atoms with Gasteiger partial charge in [0.05, 0.1) is 5.92 Å². The van der Waals surface area contributed by atoms with Crippen molar-refractivity contribution in [2.75, 3.05) is 13.1 Å². The third-order valence-electron chi connectivity index (χ3n) is 7.24. The molecule has 11 nitrogen and oxygen atoms in total. The number of phenolic OH excluding ortho intramolecular Hbond substituents is 1. The van der Waals surface area contributed by atoms with Crippen LogP contribution in [0.15, 0.2) is 89.9 Å². The molecule has 0 aliphatic heterocycles. The highest BCUT2D eigenvalue weighted by Gasteiger charge is 2.27. The van der Waals surface area contributed by atoms with Gasteiger partial charge in [-0.3, -0.25) is 29.5 Å². The van der Waals surface area contributed by atoms with Crippen molar-refractivity contribution in [2.45, 2.75) is 64.0 Å². The normalized spacial score (nSPS) is 11.8. The molecule has 7 N–H and O–H groups in total. The number of nitrogens with two attached hydrogens (primary N) is 1. The SMILES string of the molecule is CCC(=O)NCCCCC(=O)NC(N)=NCCC[C@@H](NC(=O)C(c1ccccc1)c1ccccc1)C(=O)NCc1ccc(O)cc1. The van der Waals surface area contributed by atoms with E-state index < -0.39 is 12.0 Å². The minimum Gasteiger partial charge on any atom is -0.508 e. The number of guanidine groups is 1. The first-order chi connectivity index (χ1) is 22.3. The predicted octanol–water partition coefficient (Wildman–Crippen LogP) is 3.23. The molecule has 1 atom stereocenters. The highest BCUT2D eigenvalue weighted by molar-refractivity contribution is 5.96. The van der Waals surface area contributed by atoms with Crippen LogP contribution < -0.4 is 27.0 Å². The van der Waals surface area contributed by atoms with Gasteiger partial charge in [-0.25, -0.2) is 0 Å². The zero-order valence-electron chi connectivity index (χ0n) is 26.2. The van der Waals surface area contributed by atoms with E-state index in [1.807, 2.05) is 60.7 Å². The van der Waals surface area contributed by atoms with E-state index in [9.17, 15) is 24.3 Å². The summed E-state index contributed by atoms with van der Waals surface area (Å²) in [4.78, 5) is 54.8. The Hall–Kier alpha value is -5.19. The lowest BCUT2D eigenvalue weighted by Crippen LogP contribution is -2.48. The highest BCUT2D eigenvalue weighted by atomic mass is 16.3. The molecular formula is C35H44N6O5. The third-order valence-corrected chi connectivity index (χ3v) is 7.24. The number of unbranched alkanes of at least 4 members (excludes halogenated alkanes) is 1. The smallest absolute Gasteiger partial charge is 0.242 e. The standard InChI is InChI=1S/C35H44N6O5/c1-2-30(43)37-22-10-9-17-31(44)41-35(36)38-23-11-16-29(33(45)39-24-25-18-20-28(42)21-19-25)40-34(46)32(26-12-5-3-6-13-26)27-14-7-4-8-15-27/h3-8,12-15,18-21,29,32,42H,2,9-11,16-17,22-24H2,1H3,(H,37,43)(H,39,45)(H,40,46)(H3,36,38,41,44)/t29-/m1/s1. The van der Waals surface area contributed by atoms with Gasteiger partial charge in [0.1, 0.15) is 11.8 Å². The molecule has 244 valence electrons. The molecule has 0 fully saturated rings. The van der Waals surface area contributed by atoms with E-state index in [0.717, 1.165) is 16.7 Å². The average molecular weight is 629 g/mol. The van der Waals surface area contributed by atoms with Gasteiger partial charge < -0.3 is 26.8 Å².